The molecule has 0 aliphatic carbocycles. The second kappa shape index (κ2) is 5.36. The molecule has 0 saturated carbocycles. The molecule has 0 atom stereocenters. The van der Waals surface area contributed by atoms with Gasteiger partial charge in [0.15, 0.2) is 0 Å². The van der Waals surface area contributed by atoms with Gasteiger partial charge in [-0.25, -0.2) is 9.50 Å². The van der Waals surface area contributed by atoms with E-state index >= 15 is 0 Å². The maximum absolute atomic E-state index is 9.09. The summed E-state index contributed by atoms with van der Waals surface area (Å²) in [6, 6.07) is 17.9. The summed E-state index contributed by atoms with van der Waals surface area (Å²) in [5, 5.41) is 14.6. The third-order valence-electron chi connectivity index (χ3n) is 3.50. The molecule has 2 aromatic heterocycles. The van der Waals surface area contributed by atoms with Crippen molar-refractivity contribution in [3.63, 3.8) is 0 Å². The van der Waals surface area contributed by atoms with Gasteiger partial charge in [-0.1, -0.05) is 65.9 Å². The predicted octanol–water partition coefficient (Wildman–Crippen LogP) is 3.62. The fourth-order valence-corrected chi connectivity index (χ4v) is 3.20. The van der Waals surface area contributed by atoms with Gasteiger partial charge in [0.2, 0.25) is 4.96 Å². The minimum atomic E-state index is 0.0561. The van der Waals surface area contributed by atoms with Crippen LogP contribution in [-0.4, -0.2) is 19.7 Å². The standard InChI is InChI=1S/C17H13N3OS/c21-11-12-6-8-13(9-7-12)15-10-20-17(18-15)22-16(19-20)14-4-2-1-3-5-14/h1-10,21H,11H2. The van der Waals surface area contributed by atoms with Gasteiger partial charge in [-0.15, -0.1) is 0 Å². The molecule has 2 aromatic carbocycles. The van der Waals surface area contributed by atoms with Crippen molar-refractivity contribution in [2.45, 2.75) is 6.61 Å². The van der Waals surface area contributed by atoms with Crippen molar-refractivity contribution in [2.75, 3.05) is 0 Å². The molecule has 1 N–H and O–H groups in total. The lowest BCUT2D eigenvalue weighted by Gasteiger charge is -1.98. The van der Waals surface area contributed by atoms with E-state index in [0.29, 0.717) is 0 Å². The maximum Gasteiger partial charge on any atom is 0.213 e. The highest BCUT2D eigenvalue weighted by atomic mass is 32.1. The van der Waals surface area contributed by atoms with Crippen LogP contribution in [0.25, 0.3) is 26.8 Å². The number of hydrogen-bond acceptors (Lipinski definition) is 4. The molecule has 22 heavy (non-hydrogen) atoms. The number of imidazole rings is 1. The van der Waals surface area contributed by atoms with Crippen LogP contribution in [0, 0.1) is 0 Å². The van der Waals surface area contributed by atoms with Gasteiger partial charge in [-0.05, 0) is 5.56 Å². The molecule has 0 bridgehead atoms. The van der Waals surface area contributed by atoms with Crippen molar-refractivity contribution in [1.29, 1.82) is 0 Å². The Hall–Kier alpha value is -2.50. The van der Waals surface area contributed by atoms with Crippen LogP contribution in [0.5, 0.6) is 0 Å². The first kappa shape index (κ1) is 13.2. The Morgan fingerprint density at radius 1 is 0.955 bits per heavy atom. The minimum Gasteiger partial charge on any atom is -0.392 e. The van der Waals surface area contributed by atoms with E-state index in [-0.39, 0.29) is 6.61 Å². The SMILES string of the molecule is OCc1ccc(-c2cn3nc(-c4ccccc4)sc3n2)cc1. The Bertz CT molecular complexity index is 879. The second-order valence-electron chi connectivity index (χ2n) is 4.98. The van der Waals surface area contributed by atoms with Gasteiger partial charge in [-0.2, -0.15) is 5.10 Å². The maximum atomic E-state index is 9.09. The highest BCUT2D eigenvalue weighted by Gasteiger charge is 2.10. The van der Waals surface area contributed by atoms with Gasteiger partial charge in [0.05, 0.1) is 18.5 Å². The number of aromatic nitrogens is 3. The van der Waals surface area contributed by atoms with Gasteiger partial charge < -0.3 is 5.11 Å². The Kier molecular flexibility index (Phi) is 3.21. The molecular weight excluding hydrogens is 294 g/mol. The van der Waals surface area contributed by atoms with Crippen LogP contribution in [0.2, 0.25) is 0 Å². The van der Waals surface area contributed by atoms with Crippen LogP contribution in [0.4, 0.5) is 0 Å². The highest BCUT2D eigenvalue weighted by Crippen LogP contribution is 2.27. The first-order valence-electron chi connectivity index (χ1n) is 6.95. The molecule has 0 radical (unpaired) electrons. The summed E-state index contributed by atoms with van der Waals surface area (Å²) in [6.07, 6.45) is 1.94. The van der Waals surface area contributed by atoms with Crippen molar-refractivity contribution in [3.8, 4) is 21.8 Å². The van der Waals surface area contributed by atoms with E-state index in [0.717, 1.165) is 32.4 Å². The van der Waals surface area contributed by atoms with Gasteiger partial charge in [0, 0.05) is 11.1 Å². The third kappa shape index (κ3) is 2.30. The van der Waals surface area contributed by atoms with Crippen LogP contribution in [0.15, 0.2) is 60.8 Å². The number of aliphatic hydroxyl groups excluding tert-OH is 1. The molecule has 108 valence electrons. The molecule has 4 nitrogen and oxygen atoms in total. The zero-order valence-electron chi connectivity index (χ0n) is 11.7. The molecule has 0 saturated heterocycles. The highest BCUT2D eigenvalue weighted by molar-refractivity contribution is 7.19. The number of hydrogen-bond donors (Lipinski definition) is 1. The topological polar surface area (TPSA) is 50.4 Å². The van der Waals surface area contributed by atoms with Gasteiger partial charge in [0.1, 0.15) is 5.01 Å². The van der Waals surface area contributed by atoms with Gasteiger partial charge in [0.25, 0.3) is 0 Å². The largest absolute Gasteiger partial charge is 0.392 e. The van der Waals surface area contributed by atoms with E-state index in [1.165, 1.54) is 0 Å². The summed E-state index contributed by atoms with van der Waals surface area (Å²) in [4.78, 5) is 5.52. The molecule has 0 fully saturated rings. The molecule has 4 aromatic rings. The molecule has 0 amide bonds. The van der Waals surface area contributed by atoms with Gasteiger partial charge >= 0.3 is 0 Å². The Balaban J connectivity index is 1.71. The van der Waals surface area contributed by atoms with Crippen molar-refractivity contribution >= 4 is 16.3 Å². The van der Waals surface area contributed by atoms with E-state index < -0.39 is 0 Å². The molecule has 2 heterocycles. The van der Waals surface area contributed by atoms with Crippen molar-refractivity contribution in [1.82, 2.24) is 14.6 Å². The summed E-state index contributed by atoms with van der Waals surface area (Å²) in [7, 11) is 0. The number of nitrogens with zero attached hydrogens (tertiary/aromatic N) is 3. The quantitative estimate of drug-likeness (QED) is 0.629. The fraction of sp³-hybridized carbons (Fsp3) is 0.0588. The Labute approximate surface area is 131 Å². The van der Waals surface area contributed by atoms with Crippen LogP contribution in [0.1, 0.15) is 5.56 Å². The Morgan fingerprint density at radius 3 is 2.41 bits per heavy atom. The van der Waals surface area contributed by atoms with Gasteiger partial charge in [-0.3, -0.25) is 0 Å². The molecule has 0 aliphatic heterocycles. The molecule has 0 spiro atoms. The van der Waals surface area contributed by atoms with E-state index in [2.05, 4.69) is 10.1 Å². The van der Waals surface area contributed by atoms with E-state index in [4.69, 9.17) is 5.11 Å². The van der Waals surface area contributed by atoms with E-state index in [9.17, 15) is 0 Å². The predicted molar refractivity (Wildman–Crippen MR) is 87.7 cm³/mol. The molecule has 0 unspecified atom stereocenters. The third-order valence-corrected chi connectivity index (χ3v) is 4.47. The van der Waals surface area contributed by atoms with Crippen LogP contribution in [-0.2, 0) is 6.61 Å². The molecule has 0 aliphatic rings. The zero-order valence-corrected chi connectivity index (χ0v) is 12.5. The first-order valence-corrected chi connectivity index (χ1v) is 7.77. The molecule has 4 rings (SSSR count). The first-order chi connectivity index (χ1) is 10.8. The summed E-state index contributed by atoms with van der Waals surface area (Å²) in [5.74, 6) is 0. The lowest BCUT2D eigenvalue weighted by Crippen LogP contribution is -1.84. The van der Waals surface area contributed by atoms with Crippen molar-refractivity contribution in [3.05, 3.63) is 66.4 Å². The van der Waals surface area contributed by atoms with Crippen LogP contribution in [0.3, 0.4) is 0 Å². The average molecular weight is 307 g/mol. The summed E-state index contributed by atoms with van der Waals surface area (Å²) >= 11 is 1.57. The number of aliphatic hydroxyl groups is 1. The fourth-order valence-electron chi connectivity index (χ4n) is 2.32. The monoisotopic (exact) mass is 307 g/mol. The zero-order chi connectivity index (χ0) is 14.9. The molecular formula is C17H13N3OS. The summed E-state index contributed by atoms with van der Waals surface area (Å²) in [6.45, 7) is 0.0561. The van der Waals surface area contributed by atoms with Crippen molar-refractivity contribution in [2.24, 2.45) is 0 Å². The number of fused-ring (bicyclic) bond motifs is 1. The normalized spacial score (nSPS) is 11.1. The number of benzene rings is 2. The van der Waals surface area contributed by atoms with Crippen LogP contribution < -0.4 is 0 Å². The van der Waals surface area contributed by atoms with E-state index in [1.54, 1.807) is 11.3 Å². The number of rotatable bonds is 3. The second-order valence-corrected chi connectivity index (χ2v) is 5.94. The van der Waals surface area contributed by atoms with E-state index in [1.807, 2.05) is 65.3 Å². The molecule has 5 heteroatoms. The lowest BCUT2D eigenvalue weighted by atomic mass is 10.1. The minimum absolute atomic E-state index is 0.0561. The average Bonchev–Trinajstić information content (AvgIpc) is 3.15. The lowest BCUT2D eigenvalue weighted by molar-refractivity contribution is 0.282. The van der Waals surface area contributed by atoms with Crippen LogP contribution >= 0.6 is 11.3 Å². The summed E-state index contributed by atoms with van der Waals surface area (Å²) in [5.41, 5.74) is 3.92. The van der Waals surface area contributed by atoms with Crippen molar-refractivity contribution < 1.29 is 5.11 Å². The summed E-state index contributed by atoms with van der Waals surface area (Å²) < 4.78 is 1.82. The Morgan fingerprint density at radius 2 is 1.73 bits per heavy atom. The smallest absolute Gasteiger partial charge is 0.213 e.